The van der Waals surface area contributed by atoms with Gasteiger partial charge in [-0.1, -0.05) is 11.6 Å². The number of nitrogens with zero attached hydrogens (tertiary/aromatic N) is 1. The van der Waals surface area contributed by atoms with Crippen molar-refractivity contribution < 1.29 is 13.2 Å². The molecular formula is C10H12F3N. The highest BCUT2D eigenvalue weighted by molar-refractivity contribution is 5.90. The lowest BCUT2D eigenvalue weighted by molar-refractivity contribution is -0.0604. The summed E-state index contributed by atoms with van der Waals surface area (Å²) < 4.78 is 37.0. The van der Waals surface area contributed by atoms with Crippen LogP contribution in [0.15, 0.2) is 28.4 Å². The molecule has 0 unspecified atom stereocenters. The van der Waals surface area contributed by atoms with Crippen LogP contribution in [0, 0.1) is 0 Å². The summed E-state index contributed by atoms with van der Waals surface area (Å²) in [5.41, 5.74) is 1.02. The first-order valence-corrected chi connectivity index (χ1v) is 4.37. The summed E-state index contributed by atoms with van der Waals surface area (Å²) in [4.78, 5) is 3.45. The van der Waals surface area contributed by atoms with Crippen LogP contribution in [0.2, 0.25) is 0 Å². The van der Waals surface area contributed by atoms with Crippen molar-refractivity contribution in [3.8, 4) is 0 Å². The number of allylic oxidation sites excluding steroid dienone is 3. The summed E-state index contributed by atoms with van der Waals surface area (Å²) in [5.74, 6) is 0. The van der Waals surface area contributed by atoms with Crippen LogP contribution in [-0.2, 0) is 0 Å². The molecule has 0 spiro atoms. The number of alkyl halides is 3. The monoisotopic (exact) mass is 203 g/mol. The molecule has 0 amide bonds. The van der Waals surface area contributed by atoms with Gasteiger partial charge in [0.1, 0.15) is 5.71 Å². The third-order valence-electron chi connectivity index (χ3n) is 1.98. The number of rotatable bonds is 0. The largest absolute Gasteiger partial charge is 0.429 e. The molecule has 14 heavy (non-hydrogen) atoms. The zero-order valence-corrected chi connectivity index (χ0v) is 8.15. The van der Waals surface area contributed by atoms with Crippen molar-refractivity contribution in [1.29, 1.82) is 0 Å². The van der Waals surface area contributed by atoms with Crippen LogP contribution in [-0.4, -0.2) is 11.9 Å². The van der Waals surface area contributed by atoms with E-state index >= 15 is 0 Å². The molecule has 0 aromatic carbocycles. The molecule has 4 heteroatoms. The molecule has 78 valence electrons. The van der Waals surface area contributed by atoms with Crippen LogP contribution >= 0.6 is 0 Å². The topological polar surface area (TPSA) is 12.4 Å². The Morgan fingerprint density at radius 1 is 1.21 bits per heavy atom. The first-order chi connectivity index (χ1) is 6.39. The highest BCUT2D eigenvalue weighted by Gasteiger charge is 2.34. The van der Waals surface area contributed by atoms with E-state index in [1.54, 1.807) is 6.92 Å². The predicted molar refractivity (Wildman–Crippen MR) is 50.2 cm³/mol. The fourth-order valence-corrected chi connectivity index (χ4v) is 1.27. The minimum absolute atomic E-state index is 0.0321. The molecule has 0 radical (unpaired) electrons. The van der Waals surface area contributed by atoms with Crippen molar-refractivity contribution in [1.82, 2.24) is 0 Å². The van der Waals surface area contributed by atoms with Gasteiger partial charge >= 0.3 is 6.18 Å². The average molecular weight is 203 g/mol. The molecule has 0 aliphatic carbocycles. The van der Waals surface area contributed by atoms with E-state index in [0.717, 1.165) is 11.1 Å². The highest BCUT2D eigenvalue weighted by atomic mass is 19.4. The van der Waals surface area contributed by atoms with Crippen molar-refractivity contribution in [2.45, 2.75) is 32.9 Å². The molecule has 0 N–H and O–H groups in total. The van der Waals surface area contributed by atoms with E-state index in [1.807, 2.05) is 13.0 Å². The van der Waals surface area contributed by atoms with Crippen molar-refractivity contribution >= 4 is 5.71 Å². The lowest BCUT2D eigenvalue weighted by atomic mass is 10.1. The third-order valence-corrected chi connectivity index (χ3v) is 1.98. The molecule has 0 atom stereocenters. The van der Waals surface area contributed by atoms with Crippen LogP contribution in [0.5, 0.6) is 0 Å². The van der Waals surface area contributed by atoms with Gasteiger partial charge in [0.05, 0.1) is 0 Å². The van der Waals surface area contributed by atoms with E-state index in [9.17, 15) is 13.2 Å². The number of hydrogen-bond acceptors (Lipinski definition) is 1. The molecule has 1 nitrogen and oxygen atoms in total. The molecule has 0 aromatic rings. The molecule has 1 aliphatic heterocycles. The molecule has 0 fully saturated rings. The van der Waals surface area contributed by atoms with Crippen LogP contribution in [0.1, 0.15) is 26.7 Å². The minimum atomic E-state index is -4.30. The van der Waals surface area contributed by atoms with Crippen LogP contribution in [0.25, 0.3) is 0 Å². The minimum Gasteiger partial charge on any atom is -0.256 e. The first kappa shape index (κ1) is 11.0. The Morgan fingerprint density at radius 3 is 2.43 bits per heavy atom. The Bertz CT molecular complexity index is 308. The van der Waals surface area contributed by atoms with Gasteiger partial charge in [0.15, 0.2) is 0 Å². The van der Waals surface area contributed by atoms with Crippen molar-refractivity contribution in [3.63, 3.8) is 0 Å². The summed E-state index contributed by atoms with van der Waals surface area (Å²) in [6.45, 7) is 3.57. The summed E-state index contributed by atoms with van der Waals surface area (Å²) in [6.07, 6.45) is -0.782. The second kappa shape index (κ2) is 3.98. The predicted octanol–water partition coefficient (Wildman–Crippen LogP) is 3.63. The average Bonchev–Trinajstić information content (AvgIpc) is 1.98. The molecule has 0 saturated carbocycles. The van der Waals surface area contributed by atoms with Gasteiger partial charge in [-0.15, -0.1) is 0 Å². The number of aliphatic imine (C=N–C) groups is 1. The number of halogens is 3. The molecule has 0 aromatic heterocycles. The summed E-state index contributed by atoms with van der Waals surface area (Å²) in [5, 5.41) is 0. The van der Waals surface area contributed by atoms with E-state index in [4.69, 9.17) is 0 Å². The second-order valence-corrected chi connectivity index (χ2v) is 3.44. The Labute approximate surface area is 81.0 Å². The zero-order chi connectivity index (χ0) is 10.8. The summed E-state index contributed by atoms with van der Waals surface area (Å²) in [7, 11) is 0. The van der Waals surface area contributed by atoms with E-state index in [-0.39, 0.29) is 6.42 Å². The zero-order valence-electron chi connectivity index (χ0n) is 8.15. The normalized spacial score (nSPS) is 19.1. The Balaban J connectivity index is 2.94. The number of hydrogen-bond donors (Lipinski definition) is 0. The van der Waals surface area contributed by atoms with Crippen LogP contribution < -0.4 is 0 Å². The first-order valence-electron chi connectivity index (χ1n) is 4.37. The smallest absolute Gasteiger partial charge is 0.256 e. The quantitative estimate of drug-likeness (QED) is 0.570. The Kier molecular flexibility index (Phi) is 3.13. The molecule has 0 saturated heterocycles. The third kappa shape index (κ3) is 3.01. The van der Waals surface area contributed by atoms with E-state index < -0.39 is 11.9 Å². The second-order valence-electron chi connectivity index (χ2n) is 3.44. The SMILES string of the molecule is CC1=CN=C(C(F)(F)F)CCC(C)=C1. The van der Waals surface area contributed by atoms with Gasteiger partial charge in [0, 0.05) is 6.20 Å². The fourth-order valence-electron chi connectivity index (χ4n) is 1.27. The van der Waals surface area contributed by atoms with E-state index in [1.165, 1.54) is 6.20 Å². The van der Waals surface area contributed by atoms with Gasteiger partial charge in [-0.3, -0.25) is 4.99 Å². The summed E-state index contributed by atoms with van der Waals surface area (Å²) in [6, 6.07) is 0. The summed E-state index contributed by atoms with van der Waals surface area (Å²) >= 11 is 0. The molecule has 1 aliphatic rings. The highest BCUT2D eigenvalue weighted by Crippen LogP contribution is 2.24. The van der Waals surface area contributed by atoms with Gasteiger partial charge < -0.3 is 0 Å². The lowest BCUT2D eigenvalue weighted by Crippen LogP contribution is -2.23. The van der Waals surface area contributed by atoms with Gasteiger partial charge in [-0.25, -0.2) is 0 Å². The Morgan fingerprint density at radius 2 is 1.86 bits per heavy atom. The maximum atomic E-state index is 12.3. The van der Waals surface area contributed by atoms with Crippen LogP contribution in [0.4, 0.5) is 13.2 Å². The molecular weight excluding hydrogens is 191 g/mol. The molecule has 0 bridgehead atoms. The fraction of sp³-hybridized carbons (Fsp3) is 0.500. The Hall–Kier alpha value is -1.06. The van der Waals surface area contributed by atoms with E-state index in [2.05, 4.69) is 4.99 Å². The standard InChI is InChI=1S/C10H12F3N/c1-7-3-4-9(10(11,12)13)14-6-8(2)5-7/h5-6H,3-4H2,1-2H3. The van der Waals surface area contributed by atoms with Gasteiger partial charge in [-0.2, -0.15) is 13.2 Å². The maximum absolute atomic E-state index is 12.3. The van der Waals surface area contributed by atoms with Gasteiger partial charge in [0.2, 0.25) is 0 Å². The van der Waals surface area contributed by atoms with Gasteiger partial charge in [-0.05, 0) is 32.3 Å². The van der Waals surface area contributed by atoms with Crippen molar-refractivity contribution in [3.05, 3.63) is 23.4 Å². The maximum Gasteiger partial charge on any atom is 0.429 e. The molecule has 1 rings (SSSR count). The lowest BCUT2D eigenvalue weighted by Gasteiger charge is -2.11. The van der Waals surface area contributed by atoms with E-state index in [0.29, 0.717) is 6.42 Å². The van der Waals surface area contributed by atoms with Crippen molar-refractivity contribution in [2.75, 3.05) is 0 Å². The van der Waals surface area contributed by atoms with Gasteiger partial charge in [0.25, 0.3) is 0 Å². The van der Waals surface area contributed by atoms with Crippen LogP contribution in [0.3, 0.4) is 0 Å². The molecule has 1 heterocycles. The van der Waals surface area contributed by atoms with Crippen molar-refractivity contribution in [2.24, 2.45) is 4.99 Å².